The number of para-hydroxylation sites is 1. The zero-order valence-corrected chi connectivity index (χ0v) is 9.01. The van der Waals surface area contributed by atoms with E-state index in [0.29, 0.717) is 0 Å². The molecule has 2 atom stereocenters. The number of carbonyl (C=O) groups is 1. The van der Waals surface area contributed by atoms with Crippen LogP contribution < -0.4 is 10.6 Å². The second-order valence-electron chi connectivity index (χ2n) is 4.28. The fraction of sp³-hybridized carbons (Fsp3) is 0.214. The van der Waals surface area contributed by atoms with E-state index >= 15 is 0 Å². The zero-order valence-electron chi connectivity index (χ0n) is 9.01. The summed E-state index contributed by atoms with van der Waals surface area (Å²) in [5, 5.41) is 2.26. The smallest absolute Gasteiger partial charge is 0.135 e. The van der Waals surface area contributed by atoms with Crippen molar-refractivity contribution in [3.8, 4) is 0 Å². The maximum atomic E-state index is 10.9. The standard InChI is InChI=1S/C14H12O2/c1-9-6-12-11-4-2-3-5-13(11)16-14(12)7-10(9)8-15/h2-10H,1H3. The number of hydrogen-bond donors (Lipinski definition) is 0. The molecule has 3 rings (SSSR count). The minimum atomic E-state index is -0.0620. The van der Waals surface area contributed by atoms with Gasteiger partial charge in [-0.1, -0.05) is 31.2 Å². The lowest BCUT2D eigenvalue weighted by Gasteiger charge is -2.12. The second-order valence-corrected chi connectivity index (χ2v) is 4.28. The zero-order chi connectivity index (χ0) is 11.1. The Morgan fingerprint density at radius 1 is 1.25 bits per heavy atom. The van der Waals surface area contributed by atoms with Crippen LogP contribution in [0.4, 0.5) is 0 Å². The molecule has 0 aliphatic heterocycles. The Bertz CT molecular complexity index is 664. The highest BCUT2D eigenvalue weighted by Crippen LogP contribution is 2.17. The summed E-state index contributed by atoms with van der Waals surface area (Å²) < 4.78 is 5.73. The summed E-state index contributed by atoms with van der Waals surface area (Å²) >= 11 is 0. The van der Waals surface area contributed by atoms with Gasteiger partial charge in [0.2, 0.25) is 0 Å². The van der Waals surface area contributed by atoms with E-state index in [2.05, 4.69) is 19.1 Å². The second kappa shape index (κ2) is 3.34. The summed E-state index contributed by atoms with van der Waals surface area (Å²) in [5.41, 5.74) is 1.72. The first-order chi connectivity index (χ1) is 7.79. The summed E-state index contributed by atoms with van der Waals surface area (Å²) in [5.74, 6) is 0.180. The lowest BCUT2D eigenvalue weighted by atomic mass is 9.90. The van der Waals surface area contributed by atoms with Gasteiger partial charge in [-0.25, -0.2) is 0 Å². The number of carbonyl (C=O) groups excluding carboxylic acids is 1. The van der Waals surface area contributed by atoms with Crippen molar-refractivity contribution < 1.29 is 9.21 Å². The SMILES string of the molecule is CC1C=c2c(oc3ccccc23)=CC1C=O. The molecule has 1 aromatic heterocycles. The third-order valence-electron chi connectivity index (χ3n) is 3.20. The predicted molar refractivity (Wildman–Crippen MR) is 63.1 cm³/mol. The van der Waals surface area contributed by atoms with Crippen LogP contribution in [-0.4, -0.2) is 6.29 Å². The van der Waals surface area contributed by atoms with Crippen molar-refractivity contribution in [2.24, 2.45) is 11.8 Å². The molecular weight excluding hydrogens is 200 g/mol. The Balaban J connectivity index is 2.42. The minimum Gasteiger partial charge on any atom is -0.456 e. The van der Waals surface area contributed by atoms with Crippen LogP contribution in [0.5, 0.6) is 0 Å². The highest BCUT2D eigenvalue weighted by molar-refractivity contribution is 5.81. The van der Waals surface area contributed by atoms with Gasteiger partial charge in [0.05, 0.1) is 0 Å². The van der Waals surface area contributed by atoms with Crippen LogP contribution in [0.25, 0.3) is 23.1 Å². The Kier molecular flexibility index (Phi) is 1.96. The van der Waals surface area contributed by atoms with Gasteiger partial charge in [-0.15, -0.1) is 0 Å². The van der Waals surface area contributed by atoms with Crippen molar-refractivity contribution in [1.29, 1.82) is 0 Å². The molecule has 0 N–H and O–H groups in total. The van der Waals surface area contributed by atoms with Crippen LogP contribution in [0.1, 0.15) is 6.92 Å². The van der Waals surface area contributed by atoms with Crippen LogP contribution in [-0.2, 0) is 4.79 Å². The third kappa shape index (κ3) is 1.23. The lowest BCUT2D eigenvalue weighted by molar-refractivity contribution is -0.110. The van der Waals surface area contributed by atoms with Crippen LogP contribution in [0.3, 0.4) is 0 Å². The van der Waals surface area contributed by atoms with E-state index < -0.39 is 0 Å². The van der Waals surface area contributed by atoms with Crippen LogP contribution in [0, 0.1) is 11.8 Å². The van der Waals surface area contributed by atoms with Gasteiger partial charge in [0.15, 0.2) is 0 Å². The van der Waals surface area contributed by atoms with E-state index in [9.17, 15) is 4.79 Å². The number of furan rings is 1. The third-order valence-corrected chi connectivity index (χ3v) is 3.20. The molecule has 0 saturated heterocycles. The van der Waals surface area contributed by atoms with Gasteiger partial charge in [-0.05, 0) is 18.1 Å². The maximum absolute atomic E-state index is 10.9. The number of hydrogen-bond acceptors (Lipinski definition) is 2. The summed E-state index contributed by atoms with van der Waals surface area (Å²) in [6.07, 6.45) is 5.03. The number of rotatable bonds is 1. The van der Waals surface area contributed by atoms with Crippen LogP contribution >= 0.6 is 0 Å². The van der Waals surface area contributed by atoms with E-state index in [1.165, 1.54) is 0 Å². The number of aldehydes is 1. The minimum absolute atomic E-state index is 0.0620. The molecule has 2 unspecified atom stereocenters. The average Bonchev–Trinajstić information content (AvgIpc) is 2.66. The van der Waals surface area contributed by atoms with Crippen LogP contribution in [0.15, 0.2) is 28.7 Å². The van der Waals surface area contributed by atoms with Gasteiger partial charge in [-0.2, -0.15) is 0 Å². The quantitative estimate of drug-likeness (QED) is 0.670. The summed E-state index contributed by atoms with van der Waals surface area (Å²) in [6, 6.07) is 7.96. The fourth-order valence-electron chi connectivity index (χ4n) is 2.24. The Hall–Kier alpha value is -1.83. The average molecular weight is 212 g/mol. The Morgan fingerprint density at radius 2 is 2.06 bits per heavy atom. The molecule has 0 fully saturated rings. The molecule has 16 heavy (non-hydrogen) atoms. The molecule has 1 heterocycles. The van der Waals surface area contributed by atoms with E-state index in [1.54, 1.807) is 0 Å². The van der Waals surface area contributed by atoms with Crippen LogP contribution in [0.2, 0.25) is 0 Å². The monoisotopic (exact) mass is 212 g/mol. The van der Waals surface area contributed by atoms with E-state index in [-0.39, 0.29) is 11.8 Å². The van der Waals surface area contributed by atoms with Gasteiger partial charge >= 0.3 is 0 Å². The largest absolute Gasteiger partial charge is 0.456 e. The molecule has 1 aromatic carbocycles. The van der Waals surface area contributed by atoms with E-state index in [1.807, 2.05) is 24.3 Å². The molecule has 2 nitrogen and oxygen atoms in total. The molecule has 80 valence electrons. The van der Waals surface area contributed by atoms with E-state index in [4.69, 9.17) is 4.42 Å². The van der Waals surface area contributed by atoms with Gasteiger partial charge in [0.1, 0.15) is 17.3 Å². The van der Waals surface area contributed by atoms with Gasteiger partial charge in [0.25, 0.3) is 0 Å². The Labute approximate surface area is 92.9 Å². The highest BCUT2D eigenvalue weighted by Gasteiger charge is 2.17. The van der Waals surface area contributed by atoms with Gasteiger partial charge in [-0.3, -0.25) is 0 Å². The lowest BCUT2D eigenvalue weighted by Crippen LogP contribution is -2.29. The van der Waals surface area contributed by atoms with Crippen molar-refractivity contribution in [2.45, 2.75) is 6.92 Å². The fourth-order valence-corrected chi connectivity index (χ4v) is 2.24. The molecule has 2 aromatic rings. The number of benzene rings is 1. The molecular formula is C14H12O2. The molecule has 0 radical (unpaired) electrons. The first-order valence-electron chi connectivity index (χ1n) is 5.46. The summed E-state index contributed by atoms with van der Waals surface area (Å²) in [7, 11) is 0. The first-order valence-corrected chi connectivity index (χ1v) is 5.46. The summed E-state index contributed by atoms with van der Waals surface area (Å²) in [4.78, 5) is 10.9. The van der Waals surface area contributed by atoms with Crippen molar-refractivity contribution in [3.63, 3.8) is 0 Å². The molecule has 0 spiro atoms. The first kappa shape index (κ1) is 9.40. The maximum Gasteiger partial charge on any atom is 0.135 e. The number of fused-ring (bicyclic) bond motifs is 3. The van der Waals surface area contributed by atoms with Crippen molar-refractivity contribution >= 4 is 29.4 Å². The Morgan fingerprint density at radius 3 is 2.88 bits per heavy atom. The van der Waals surface area contributed by atoms with Crippen molar-refractivity contribution in [3.05, 3.63) is 34.9 Å². The molecule has 0 saturated carbocycles. The molecule has 0 amide bonds. The summed E-state index contributed by atoms with van der Waals surface area (Å²) in [6.45, 7) is 2.06. The van der Waals surface area contributed by atoms with E-state index in [0.717, 1.165) is 27.9 Å². The van der Waals surface area contributed by atoms with Gasteiger partial charge in [0, 0.05) is 16.5 Å². The molecule has 1 aliphatic carbocycles. The van der Waals surface area contributed by atoms with Gasteiger partial charge < -0.3 is 9.21 Å². The van der Waals surface area contributed by atoms with Crippen molar-refractivity contribution in [2.75, 3.05) is 0 Å². The topological polar surface area (TPSA) is 30.2 Å². The predicted octanol–water partition coefficient (Wildman–Crippen LogP) is 1.46. The molecule has 2 heteroatoms. The molecule has 0 bridgehead atoms. The molecule has 1 aliphatic rings. The normalized spacial score (nSPS) is 23.3. The van der Waals surface area contributed by atoms with Crippen molar-refractivity contribution in [1.82, 2.24) is 0 Å². The highest BCUT2D eigenvalue weighted by atomic mass is 16.3.